The molecule has 0 radical (unpaired) electrons. The molecule has 4 N–H and O–H groups in total. The molecular formula is C11H15N7O. The van der Waals surface area contributed by atoms with E-state index in [1.807, 2.05) is 19.3 Å². The lowest BCUT2D eigenvalue weighted by molar-refractivity contribution is 0.0948. The molecule has 8 heteroatoms. The molecule has 0 saturated carbocycles. The van der Waals surface area contributed by atoms with Crippen LogP contribution in [0.25, 0.3) is 0 Å². The summed E-state index contributed by atoms with van der Waals surface area (Å²) in [5, 5.41) is 14.5. The molecule has 0 fully saturated rings. The van der Waals surface area contributed by atoms with Gasteiger partial charge in [0.1, 0.15) is 0 Å². The Kier molecular flexibility index (Phi) is 4.04. The fraction of sp³-hybridized carbons (Fsp3) is 0.273. The van der Waals surface area contributed by atoms with Gasteiger partial charge in [-0.3, -0.25) is 9.48 Å². The van der Waals surface area contributed by atoms with Crippen molar-refractivity contribution < 1.29 is 4.79 Å². The topological polar surface area (TPSA) is 111 Å². The molecule has 100 valence electrons. The maximum Gasteiger partial charge on any atom is 0.271 e. The highest BCUT2D eigenvalue weighted by atomic mass is 16.1. The second-order valence-corrected chi connectivity index (χ2v) is 3.93. The number of carbonyl (C=O) groups excluding carboxylic acids is 1. The molecule has 0 unspecified atom stereocenters. The van der Waals surface area contributed by atoms with Crippen molar-refractivity contribution in [3.05, 3.63) is 35.8 Å². The fourth-order valence-corrected chi connectivity index (χ4v) is 1.52. The summed E-state index contributed by atoms with van der Waals surface area (Å²) in [5.74, 6) is 5.30. The van der Waals surface area contributed by atoms with Crippen LogP contribution in [0.2, 0.25) is 0 Å². The van der Waals surface area contributed by atoms with E-state index in [1.54, 1.807) is 16.8 Å². The standard InChI is InChI=1S/C11H15N7O/c1-18-7-5-8(17-18)4-6-13-11(19)9-2-3-10(14-12)16-15-9/h2-3,5,7H,4,6,12H2,1H3,(H,13,19)(H,14,16). The zero-order chi connectivity index (χ0) is 13.7. The van der Waals surface area contributed by atoms with E-state index in [1.165, 1.54) is 0 Å². The third kappa shape index (κ3) is 3.49. The van der Waals surface area contributed by atoms with Gasteiger partial charge in [-0.05, 0) is 18.2 Å². The predicted octanol–water partition coefficient (Wildman–Crippen LogP) is -0.532. The van der Waals surface area contributed by atoms with Crippen LogP contribution < -0.4 is 16.6 Å². The lowest BCUT2D eigenvalue weighted by Gasteiger charge is -2.03. The highest BCUT2D eigenvalue weighted by molar-refractivity contribution is 5.92. The number of hydrogen-bond acceptors (Lipinski definition) is 6. The quantitative estimate of drug-likeness (QED) is 0.493. The number of aryl methyl sites for hydroxylation is 1. The molecule has 0 atom stereocenters. The molecule has 0 bridgehead atoms. The van der Waals surface area contributed by atoms with Crippen LogP contribution in [0, 0.1) is 0 Å². The van der Waals surface area contributed by atoms with Crippen LogP contribution in [0.4, 0.5) is 5.82 Å². The summed E-state index contributed by atoms with van der Waals surface area (Å²) in [4.78, 5) is 11.7. The third-order valence-electron chi connectivity index (χ3n) is 2.48. The molecule has 2 aromatic rings. The van der Waals surface area contributed by atoms with Gasteiger partial charge >= 0.3 is 0 Å². The van der Waals surface area contributed by atoms with Gasteiger partial charge in [0.15, 0.2) is 11.5 Å². The SMILES string of the molecule is Cn1ccc(CCNC(=O)c2ccc(NN)nn2)n1. The zero-order valence-corrected chi connectivity index (χ0v) is 10.5. The number of nitrogens with one attached hydrogen (secondary N) is 2. The van der Waals surface area contributed by atoms with Crippen LogP contribution in [-0.2, 0) is 13.5 Å². The zero-order valence-electron chi connectivity index (χ0n) is 10.5. The van der Waals surface area contributed by atoms with Gasteiger partial charge in [-0.25, -0.2) is 5.84 Å². The van der Waals surface area contributed by atoms with Gasteiger partial charge in [-0.15, -0.1) is 10.2 Å². The molecule has 0 spiro atoms. The number of aromatic nitrogens is 4. The smallest absolute Gasteiger partial charge is 0.271 e. The summed E-state index contributed by atoms with van der Waals surface area (Å²) in [6, 6.07) is 5.05. The molecule has 0 aromatic carbocycles. The minimum Gasteiger partial charge on any atom is -0.350 e. The molecule has 2 rings (SSSR count). The van der Waals surface area contributed by atoms with E-state index in [0.717, 1.165) is 5.69 Å². The molecule has 0 saturated heterocycles. The molecule has 0 aliphatic rings. The van der Waals surface area contributed by atoms with Gasteiger partial charge in [-0.2, -0.15) is 5.10 Å². The number of nitrogens with two attached hydrogens (primary N) is 1. The Morgan fingerprint density at radius 2 is 2.21 bits per heavy atom. The molecule has 0 aliphatic carbocycles. The fourth-order valence-electron chi connectivity index (χ4n) is 1.52. The van der Waals surface area contributed by atoms with Gasteiger partial charge in [0.2, 0.25) is 0 Å². The van der Waals surface area contributed by atoms with Gasteiger partial charge in [-0.1, -0.05) is 0 Å². The van der Waals surface area contributed by atoms with Gasteiger partial charge in [0.05, 0.1) is 5.69 Å². The second kappa shape index (κ2) is 5.91. The number of nitrogens with zero attached hydrogens (tertiary/aromatic N) is 4. The van der Waals surface area contributed by atoms with E-state index in [0.29, 0.717) is 18.8 Å². The summed E-state index contributed by atoms with van der Waals surface area (Å²) in [6.45, 7) is 0.494. The molecule has 2 aromatic heterocycles. The largest absolute Gasteiger partial charge is 0.350 e. The van der Waals surface area contributed by atoms with Crippen molar-refractivity contribution in [1.29, 1.82) is 0 Å². The maximum atomic E-state index is 11.7. The number of hydrazine groups is 1. The van der Waals surface area contributed by atoms with E-state index in [-0.39, 0.29) is 11.6 Å². The Hall–Kier alpha value is -2.48. The molecule has 19 heavy (non-hydrogen) atoms. The first-order valence-electron chi connectivity index (χ1n) is 5.76. The summed E-state index contributed by atoms with van der Waals surface area (Å²) in [5.41, 5.74) is 3.52. The number of carbonyl (C=O) groups is 1. The molecule has 1 amide bonds. The number of hydrogen-bond donors (Lipinski definition) is 3. The van der Waals surface area contributed by atoms with Crippen LogP contribution in [0.3, 0.4) is 0 Å². The van der Waals surface area contributed by atoms with Crippen molar-refractivity contribution in [2.24, 2.45) is 12.9 Å². The minimum atomic E-state index is -0.271. The van der Waals surface area contributed by atoms with Crippen molar-refractivity contribution in [1.82, 2.24) is 25.3 Å². The van der Waals surface area contributed by atoms with Crippen molar-refractivity contribution in [2.45, 2.75) is 6.42 Å². The summed E-state index contributed by atoms with van der Waals surface area (Å²) < 4.78 is 1.72. The van der Waals surface area contributed by atoms with Crippen LogP contribution in [-0.4, -0.2) is 32.4 Å². The summed E-state index contributed by atoms with van der Waals surface area (Å²) in [6.07, 6.45) is 2.53. The van der Waals surface area contributed by atoms with E-state index >= 15 is 0 Å². The van der Waals surface area contributed by atoms with Gasteiger partial charge in [0, 0.05) is 26.2 Å². The maximum absolute atomic E-state index is 11.7. The minimum absolute atomic E-state index is 0.250. The number of anilines is 1. The average molecular weight is 261 g/mol. The van der Waals surface area contributed by atoms with E-state index in [2.05, 4.69) is 26.0 Å². The lowest BCUT2D eigenvalue weighted by atomic mass is 10.3. The highest BCUT2D eigenvalue weighted by Gasteiger charge is 2.07. The van der Waals surface area contributed by atoms with Gasteiger partial charge in [0.25, 0.3) is 5.91 Å². The summed E-state index contributed by atoms with van der Waals surface area (Å²) in [7, 11) is 1.85. The first kappa shape index (κ1) is 13.0. The van der Waals surface area contributed by atoms with Crippen molar-refractivity contribution >= 4 is 11.7 Å². The van der Waals surface area contributed by atoms with E-state index in [9.17, 15) is 4.79 Å². The third-order valence-corrected chi connectivity index (χ3v) is 2.48. The first-order chi connectivity index (χ1) is 9.19. The van der Waals surface area contributed by atoms with Gasteiger partial charge < -0.3 is 10.7 Å². The van der Waals surface area contributed by atoms with Crippen LogP contribution >= 0.6 is 0 Å². The number of rotatable bonds is 5. The number of amides is 1. The molecule has 2 heterocycles. The monoisotopic (exact) mass is 261 g/mol. The van der Waals surface area contributed by atoms with E-state index < -0.39 is 0 Å². The Bertz CT molecular complexity index is 548. The normalized spacial score (nSPS) is 10.2. The Morgan fingerprint density at radius 3 is 2.79 bits per heavy atom. The summed E-state index contributed by atoms with van der Waals surface area (Å²) >= 11 is 0. The Balaban J connectivity index is 1.83. The first-order valence-corrected chi connectivity index (χ1v) is 5.76. The van der Waals surface area contributed by atoms with Crippen molar-refractivity contribution in [3.8, 4) is 0 Å². The second-order valence-electron chi connectivity index (χ2n) is 3.93. The van der Waals surface area contributed by atoms with Crippen molar-refractivity contribution in [2.75, 3.05) is 12.0 Å². The van der Waals surface area contributed by atoms with Crippen molar-refractivity contribution in [3.63, 3.8) is 0 Å². The Labute approximate surface area is 110 Å². The Morgan fingerprint density at radius 1 is 1.37 bits per heavy atom. The van der Waals surface area contributed by atoms with Crippen LogP contribution in [0.1, 0.15) is 16.2 Å². The predicted molar refractivity (Wildman–Crippen MR) is 69.1 cm³/mol. The van der Waals surface area contributed by atoms with E-state index in [4.69, 9.17) is 5.84 Å². The van der Waals surface area contributed by atoms with Crippen LogP contribution in [0.15, 0.2) is 24.4 Å². The van der Waals surface area contributed by atoms with Crippen LogP contribution in [0.5, 0.6) is 0 Å². The molecular weight excluding hydrogens is 246 g/mol. The molecule has 8 nitrogen and oxygen atoms in total. The number of nitrogen functional groups attached to an aromatic ring is 1. The lowest BCUT2D eigenvalue weighted by Crippen LogP contribution is -2.27. The highest BCUT2D eigenvalue weighted by Crippen LogP contribution is 2.00. The average Bonchev–Trinajstić information content (AvgIpc) is 2.84. The molecule has 0 aliphatic heterocycles.